The van der Waals surface area contributed by atoms with Gasteiger partial charge in [-0.2, -0.15) is 8.42 Å². The maximum absolute atomic E-state index is 11.1. The fraction of sp³-hybridized carbons (Fsp3) is 0.192. The number of fused-ring (bicyclic) bond motifs is 1. The summed E-state index contributed by atoms with van der Waals surface area (Å²) in [5, 5.41) is 11.1. The van der Waals surface area contributed by atoms with E-state index in [-0.39, 0.29) is 18.3 Å². The summed E-state index contributed by atoms with van der Waals surface area (Å²) in [7, 11) is 0. The number of rotatable bonds is 8. The Balaban J connectivity index is 0.00000107. The van der Waals surface area contributed by atoms with Crippen LogP contribution in [0.15, 0.2) is 65.7 Å². The molecule has 0 fully saturated rings. The standard InChI is InChI=1S/C26H22ClN3O4S.O2S/c1-15-5-7-18(8-6-15)34-19-9-16-10-21(26-28-13-20(35-26)12-24(31)32)30-25(16)22(11-19)33-14-17-3-2-4-23(27)29-17;1-3-2/h2-11,20,30H,12-14H2,1H3,(H,31,32);. The Morgan fingerprint density at radius 2 is 1.92 bits per heavy atom. The van der Waals surface area contributed by atoms with Crippen LogP contribution in [0.5, 0.6) is 17.2 Å². The van der Waals surface area contributed by atoms with Crippen molar-refractivity contribution in [2.75, 3.05) is 6.54 Å². The summed E-state index contributed by atoms with van der Waals surface area (Å²) in [6, 6.07) is 19.0. The highest BCUT2D eigenvalue weighted by Gasteiger charge is 2.24. The van der Waals surface area contributed by atoms with Crippen LogP contribution in [0.4, 0.5) is 0 Å². The number of pyridine rings is 1. The van der Waals surface area contributed by atoms with Gasteiger partial charge in [-0.05, 0) is 43.3 Å². The monoisotopic (exact) mass is 571 g/mol. The maximum atomic E-state index is 11.1. The molecule has 0 aliphatic carbocycles. The number of aryl methyl sites for hydroxylation is 1. The number of aliphatic carboxylic acids is 1. The van der Waals surface area contributed by atoms with Crippen molar-refractivity contribution in [3.8, 4) is 17.2 Å². The Hall–Kier alpha value is -3.67. The normalized spacial score (nSPS) is 14.4. The number of aromatic nitrogens is 2. The van der Waals surface area contributed by atoms with E-state index in [9.17, 15) is 4.79 Å². The number of H-pyrrole nitrogens is 1. The molecule has 0 saturated carbocycles. The van der Waals surface area contributed by atoms with Crippen LogP contribution in [0.2, 0.25) is 5.15 Å². The van der Waals surface area contributed by atoms with Gasteiger partial charge in [-0.15, -0.1) is 0 Å². The van der Waals surface area contributed by atoms with Crippen LogP contribution in [-0.4, -0.2) is 46.3 Å². The minimum Gasteiger partial charge on any atom is -0.485 e. The molecule has 1 unspecified atom stereocenters. The number of carboxylic acids is 1. The van der Waals surface area contributed by atoms with Crippen LogP contribution in [0.1, 0.15) is 23.4 Å². The number of nitrogens with one attached hydrogen (secondary N) is 1. The lowest BCUT2D eigenvalue weighted by Gasteiger charge is -2.11. The van der Waals surface area contributed by atoms with Crippen molar-refractivity contribution in [1.29, 1.82) is 0 Å². The number of benzene rings is 2. The largest absolute Gasteiger partial charge is 0.485 e. The summed E-state index contributed by atoms with van der Waals surface area (Å²) in [5.74, 6) is 1.13. The first-order valence-electron chi connectivity index (χ1n) is 11.3. The molecule has 0 saturated heterocycles. The number of halogens is 1. The zero-order chi connectivity index (χ0) is 27.1. The van der Waals surface area contributed by atoms with E-state index >= 15 is 0 Å². The zero-order valence-electron chi connectivity index (χ0n) is 20.0. The molecule has 0 bridgehead atoms. The number of aliphatic imine (C=N–C) groups is 1. The van der Waals surface area contributed by atoms with Gasteiger partial charge in [0.15, 0.2) is 0 Å². The molecule has 38 heavy (non-hydrogen) atoms. The van der Waals surface area contributed by atoms with Crippen LogP contribution < -0.4 is 9.47 Å². The summed E-state index contributed by atoms with van der Waals surface area (Å²) in [6.07, 6.45) is 0.0768. The summed E-state index contributed by atoms with van der Waals surface area (Å²) in [6.45, 7) is 2.74. The van der Waals surface area contributed by atoms with Crippen molar-refractivity contribution in [2.45, 2.75) is 25.2 Å². The second-order valence-corrected chi connectivity index (χ2v) is 10.1. The molecule has 1 atom stereocenters. The Morgan fingerprint density at radius 1 is 1.16 bits per heavy atom. The lowest BCUT2D eigenvalue weighted by atomic mass is 10.2. The molecule has 0 radical (unpaired) electrons. The number of hydrogen-bond acceptors (Lipinski definition) is 8. The van der Waals surface area contributed by atoms with Gasteiger partial charge in [0.25, 0.3) is 0 Å². The predicted molar refractivity (Wildman–Crippen MR) is 147 cm³/mol. The Labute approximate surface area is 230 Å². The zero-order valence-corrected chi connectivity index (χ0v) is 22.4. The second-order valence-electron chi connectivity index (χ2n) is 8.28. The fourth-order valence-corrected chi connectivity index (χ4v) is 5.02. The second kappa shape index (κ2) is 12.7. The minimum absolute atomic E-state index is 0.0704. The summed E-state index contributed by atoms with van der Waals surface area (Å²) in [4.78, 5) is 23.3. The number of carboxylic acid groups (broad SMARTS) is 1. The average Bonchev–Trinajstić information content (AvgIpc) is 3.51. The van der Waals surface area contributed by atoms with E-state index in [0.717, 1.165) is 33.0 Å². The van der Waals surface area contributed by atoms with E-state index in [0.29, 0.717) is 28.9 Å². The van der Waals surface area contributed by atoms with E-state index in [1.165, 1.54) is 11.8 Å². The number of ether oxygens (including phenoxy) is 2. The highest BCUT2D eigenvalue weighted by atomic mass is 35.5. The van der Waals surface area contributed by atoms with E-state index < -0.39 is 17.5 Å². The van der Waals surface area contributed by atoms with Crippen molar-refractivity contribution in [3.63, 3.8) is 0 Å². The summed E-state index contributed by atoms with van der Waals surface area (Å²) >= 11 is 6.75. The highest BCUT2D eigenvalue weighted by molar-refractivity contribution is 8.15. The minimum atomic E-state index is -0.821. The van der Waals surface area contributed by atoms with Crippen LogP contribution in [0, 0.1) is 6.92 Å². The topological polar surface area (TPSA) is 131 Å². The summed E-state index contributed by atoms with van der Waals surface area (Å²) in [5.41, 5.74) is 3.46. The molecule has 2 aromatic carbocycles. The summed E-state index contributed by atoms with van der Waals surface area (Å²) < 4.78 is 28.9. The molecule has 1 aliphatic heterocycles. The first-order valence-corrected chi connectivity index (χ1v) is 13.3. The fourth-order valence-electron chi connectivity index (χ4n) is 3.76. The van der Waals surface area contributed by atoms with Crippen LogP contribution in [-0.2, 0) is 23.0 Å². The molecule has 0 spiro atoms. The Morgan fingerprint density at radius 3 is 2.63 bits per heavy atom. The van der Waals surface area contributed by atoms with E-state index in [1.807, 2.05) is 61.5 Å². The van der Waals surface area contributed by atoms with Gasteiger partial charge in [0.05, 0.1) is 29.9 Å². The Kier molecular flexibility index (Phi) is 9.16. The van der Waals surface area contributed by atoms with Crippen molar-refractivity contribution < 1.29 is 27.8 Å². The van der Waals surface area contributed by atoms with Gasteiger partial charge in [0.1, 0.15) is 34.1 Å². The van der Waals surface area contributed by atoms with E-state index in [1.54, 1.807) is 6.07 Å². The van der Waals surface area contributed by atoms with Gasteiger partial charge in [-0.3, -0.25) is 9.79 Å². The molecule has 2 N–H and O–H groups in total. The van der Waals surface area contributed by atoms with E-state index in [2.05, 4.69) is 15.0 Å². The van der Waals surface area contributed by atoms with Gasteiger partial charge >= 0.3 is 17.5 Å². The molecule has 196 valence electrons. The smallest absolute Gasteiger partial charge is 0.335 e. The first kappa shape index (κ1) is 27.4. The number of carbonyl (C=O) groups is 1. The molecule has 2 aromatic heterocycles. The van der Waals surface area contributed by atoms with Gasteiger partial charge in [0.2, 0.25) is 0 Å². The molecule has 9 nitrogen and oxygen atoms in total. The van der Waals surface area contributed by atoms with Gasteiger partial charge in [-0.25, -0.2) is 4.98 Å². The molecule has 0 amide bonds. The average molecular weight is 572 g/mol. The maximum Gasteiger partial charge on any atom is 0.335 e. The number of hydrogen-bond donors (Lipinski definition) is 2. The number of aromatic amines is 1. The third-order valence-corrected chi connectivity index (χ3v) is 6.85. The molecule has 12 heteroatoms. The molecular weight excluding hydrogens is 550 g/mol. The molecular formula is C26H22ClN3O6S2. The molecule has 1 aliphatic rings. The molecule has 3 heterocycles. The van der Waals surface area contributed by atoms with Crippen LogP contribution >= 0.6 is 23.4 Å². The van der Waals surface area contributed by atoms with E-state index in [4.69, 9.17) is 34.6 Å². The van der Waals surface area contributed by atoms with Crippen LogP contribution in [0.3, 0.4) is 0 Å². The van der Waals surface area contributed by atoms with Crippen molar-refractivity contribution in [2.24, 2.45) is 4.99 Å². The third kappa shape index (κ3) is 7.21. The van der Waals surface area contributed by atoms with Crippen molar-refractivity contribution in [1.82, 2.24) is 9.97 Å². The quantitative estimate of drug-likeness (QED) is 0.263. The van der Waals surface area contributed by atoms with Crippen molar-refractivity contribution in [3.05, 3.63) is 82.8 Å². The highest BCUT2D eigenvalue weighted by Crippen LogP contribution is 2.36. The molecule has 4 aromatic rings. The van der Waals surface area contributed by atoms with Crippen LogP contribution in [0.25, 0.3) is 10.9 Å². The number of nitrogens with zero attached hydrogens (tertiary/aromatic N) is 2. The third-order valence-electron chi connectivity index (χ3n) is 5.42. The Bertz CT molecular complexity index is 1520. The lowest BCUT2D eigenvalue weighted by Crippen LogP contribution is -2.10. The number of thioether (sulfide) groups is 1. The molecule has 5 rings (SSSR count). The lowest BCUT2D eigenvalue weighted by molar-refractivity contribution is -0.136. The predicted octanol–water partition coefficient (Wildman–Crippen LogP) is 5.56. The van der Waals surface area contributed by atoms with Crippen molar-refractivity contribution >= 4 is 56.8 Å². The first-order chi connectivity index (χ1) is 18.3. The van der Waals surface area contributed by atoms with Gasteiger partial charge in [-0.1, -0.05) is 47.1 Å². The SMILES string of the molecule is Cc1ccc(Oc2cc(OCc3cccc(Cl)n3)c3[nH]c(C4=NCC(CC(=O)O)S4)cc3c2)cc1.O=S=O. The van der Waals surface area contributed by atoms with Gasteiger partial charge < -0.3 is 19.6 Å². The van der Waals surface area contributed by atoms with Gasteiger partial charge in [0, 0.05) is 16.7 Å².